The van der Waals surface area contributed by atoms with Crippen LogP contribution in [0.4, 0.5) is 0 Å². The first-order valence-corrected chi connectivity index (χ1v) is 4.96. The molecule has 1 aromatic carbocycles. The van der Waals surface area contributed by atoms with Crippen LogP contribution in [0.25, 0.3) is 0 Å². The number of rotatable bonds is 4. The Morgan fingerprint density at radius 3 is 2.62 bits per heavy atom. The van der Waals surface area contributed by atoms with Gasteiger partial charge in [-0.1, -0.05) is 30.3 Å². The second-order valence-electron chi connectivity index (χ2n) is 3.42. The number of nitrogens with zero attached hydrogens (tertiary/aromatic N) is 2. The molecule has 0 spiro atoms. The van der Waals surface area contributed by atoms with Crippen molar-refractivity contribution < 1.29 is 9.20 Å². The van der Waals surface area contributed by atoms with Crippen molar-refractivity contribution in [1.29, 1.82) is 5.41 Å². The Kier molecular flexibility index (Phi) is 4.79. The Balaban J connectivity index is 0.00000128. The molecule has 0 atom stereocenters. The average molecular weight is 240 g/mol. The topological polar surface area (TPSA) is 55.0 Å². The summed E-state index contributed by atoms with van der Waals surface area (Å²) in [4.78, 5) is 0. The van der Waals surface area contributed by atoms with Gasteiger partial charge in [0, 0.05) is 6.42 Å². The van der Waals surface area contributed by atoms with E-state index in [2.05, 4.69) is 21.9 Å². The van der Waals surface area contributed by atoms with Crippen molar-refractivity contribution in [2.45, 2.75) is 19.4 Å². The van der Waals surface area contributed by atoms with E-state index in [1.807, 2.05) is 18.2 Å². The van der Waals surface area contributed by atoms with Crippen molar-refractivity contribution in [3.63, 3.8) is 0 Å². The molecular weight excluding hydrogens is 226 g/mol. The van der Waals surface area contributed by atoms with E-state index in [0.717, 1.165) is 19.4 Å². The average Bonchev–Trinajstić information content (AvgIpc) is 2.66. The maximum Gasteiger partial charge on any atom is 0.264 e. The molecular formula is C11H14ClN3O. The fourth-order valence-corrected chi connectivity index (χ4v) is 1.47. The lowest BCUT2D eigenvalue weighted by Crippen LogP contribution is -2.37. The first kappa shape index (κ1) is 12.5. The highest BCUT2D eigenvalue weighted by Gasteiger charge is 1.97. The summed E-state index contributed by atoms with van der Waals surface area (Å²) in [6.45, 7) is 0.789. The van der Waals surface area contributed by atoms with Crippen LogP contribution in [-0.2, 0) is 13.0 Å². The summed E-state index contributed by atoms with van der Waals surface area (Å²) in [7, 11) is 0. The number of hydrogen-bond acceptors (Lipinski definition) is 2. The highest BCUT2D eigenvalue weighted by Crippen LogP contribution is 2.01. The minimum absolute atomic E-state index is 0. The number of nitrogens with one attached hydrogen (secondary N) is 1. The standard InChI is InChI=1S/C11H13N3O.ClH/c12-11-9-14(13-15-11)8-4-7-10-5-2-1-3-6-10;/h1-3,5-6,9,12H,4,7-8H2;1H. The van der Waals surface area contributed by atoms with E-state index in [1.54, 1.807) is 10.9 Å². The summed E-state index contributed by atoms with van der Waals surface area (Å²) < 4.78 is 6.30. The van der Waals surface area contributed by atoms with E-state index in [9.17, 15) is 0 Å². The summed E-state index contributed by atoms with van der Waals surface area (Å²) >= 11 is 0. The van der Waals surface area contributed by atoms with Crippen LogP contribution in [0, 0.1) is 5.41 Å². The molecule has 1 aromatic heterocycles. The van der Waals surface area contributed by atoms with Gasteiger partial charge in [-0.15, -0.1) is 12.4 Å². The maximum absolute atomic E-state index is 7.17. The van der Waals surface area contributed by atoms with Gasteiger partial charge in [0.15, 0.2) is 0 Å². The SMILES string of the molecule is Cl.N=c1c[n+](CCCc2ccccc2)[n-]o1. The Hall–Kier alpha value is -1.55. The summed E-state index contributed by atoms with van der Waals surface area (Å²) in [5.41, 5.74) is 1.43. The van der Waals surface area contributed by atoms with Gasteiger partial charge in [0.2, 0.25) is 6.20 Å². The molecule has 4 nitrogen and oxygen atoms in total. The number of aromatic nitrogens is 2. The smallest absolute Gasteiger partial charge is 0.264 e. The lowest BCUT2D eigenvalue weighted by Gasteiger charge is -1.99. The molecule has 16 heavy (non-hydrogen) atoms. The van der Waals surface area contributed by atoms with Crippen LogP contribution in [-0.4, -0.2) is 0 Å². The molecule has 0 amide bonds. The van der Waals surface area contributed by atoms with Crippen LogP contribution in [0.5, 0.6) is 0 Å². The molecule has 0 fully saturated rings. The molecule has 2 aromatic rings. The first-order chi connectivity index (χ1) is 7.34. The van der Waals surface area contributed by atoms with Crippen molar-refractivity contribution in [2.24, 2.45) is 0 Å². The van der Waals surface area contributed by atoms with Gasteiger partial charge >= 0.3 is 0 Å². The summed E-state index contributed by atoms with van der Waals surface area (Å²) in [6.07, 6.45) is 3.61. The highest BCUT2D eigenvalue weighted by molar-refractivity contribution is 5.85. The Bertz CT molecular complexity index is 463. The lowest BCUT2D eigenvalue weighted by molar-refractivity contribution is -0.767. The van der Waals surface area contributed by atoms with Crippen molar-refractivity contribution in [2.75, 3.05) is 0 Å². The molecule has 2 rings (SSSR count). The van der Waals surface area contributed by atoms with E-state index in [-0.39, 0.29) is 18.0 Å². The first-order valence-electron chi connectivity index (χ1n) is 4.96. The third-order valence-corrected chi connectivity index (χ3v) is 2.21. The van der Waals surface area contributed by atoms with Crippen LogP contribution in [0.15, 0.2) is 41.1 Å². The fraction of sp³-hybridized carbons (Fsp3) is 0.273. The molecule has 86 valence electrons. The predicted octanol–water partition coefficient (Wildman–Crippen LogP) is 1.06. The van der Waals surface area contributed by atoms with Gasteiger partial charge in [0.1, 0.15) is 6.54 Å². The van der Waals surface area contributed by atoms with Crippen molar-refractivity contribution >= 4 is 12.4 Å². The van der Waals surface area contributed by atoms with Crippen LogP contribution in [0.2, 0.25) is 0 Å². The quantitative estimate of drug-likeness (QED) is 0.812. The Labute approximate surface area is 99.8 Å². The normalized spacial score (nSPS) is 9.75. The number of hydrogen-bond donors (Lipinski definition) is 1. The monoisotopic (exact) mass is 239 g/mol. The second kappa shape index (κ2) is 6.12. The van der Waals surface area contributed by atoms with Gasteiger partial charge in [0.05, 0.1) is 0 Å². The Morgan fingerprint density at radius 2 is 2.00 bits per heavy atom. The number of aryl methyl sites for hydroxylation is 2. The predicted molar refractivity (Wildman–Crippen MR) is 60.1 cm³/mol. The minimum Gasteiger partial charge on any atom is -0.487 e. The molecule has 1 N–H and O–H groups in total. The molecule has 0 unspecified atom stereocenters. The zero-order valence-electron chi connectivity index (χ0n) is 8.80. The van der Waals surface area contributed by atoms with Crippen molar-refractivity contribution in [3.8, 4) is 0 Å². The molecule has 0 aliphatic carbocycles. The van der Waals surface area contributed by atoms with Crippen LogP contribution < -0.4 is 15.5 Å². The third kappa shape index (κ3) is 3.55. The van der Waals surface area contributed by atoms with E-state index >= 15 is 0 Å². The molecule has 0 saturated heterocycles. The molecule has 0 radical (unpaired) electrons. The van der Waals surface area contributed by atoms with Gasteiger partial charge in [-0.05, 0) is 12.0 Å². The van der Waals surface area contributed by atoms with Crippen LogP contribution in [0.3, 0.4) is 0 Å². The molecule has 1 heterocycles. The van der Waals surface area contributed by atoms with E-state index < -0.39 is 0 Å². The highest BCUT2D eigenvalue weighted by atomic mass is 35.5. The molecule has 0 aliphatic rings. The summed E-state index contributed by atoms with van der Waals surface area (Å²) in [5.74, 6) is 0. The van der Waals surface area contributed by atoms with Crippen molar-refractivity contribution in [3.05, 3.63) is 47.6 Å². The molecule has 5 heteroatoms. The van der Waals surface area contributed by atoms with Crippen molar-refractivity contribution in [1.82, 2.24) is 5.27 Å². The molecule has 0 aliphatic heterocycles. The van der Waals surface area contributed by atoms with Crippen LogP contribution >= 0.6 is 12.4 Å². The summed E-state index contributed by atoms with van der Waals surface area (Å²) in [6, 6.07) is 10.3. The lowest BCUT2D eigenvalue weighted by atomic mass is 10.1. The zero-order valence-corrected chi connectivity index (χ0v) is 9.61. The third-order valence-electron chi connectivity index (χ3n) is 2.21. The fourth-order valence-electron chi connectivity index (χ4n) is 1.47. The van der Waals surface area contributed by atoms with Gasteiger partial charge in [-0.25, -0.2) is 4.68 Å². The van der Waals surface area contributed by atoms with Gasteiger partial charge < -0.3 is 4.52 Å². The van der Waals surface area contributed by atoms with Gasteiger partial charge in [0.25, 0.3) is 5.55 Å². The zero-order chi connectivity index (χ0) is 10.5. The second-order valence-corrected chi connectivity index (χ2v) is 3.42. The van der Waals surface area contributed by atoms with E-state index in [1.165, 1.54) is 5.56 Å². The number of benzene rings is 1. The van der Waals surface area contributed by atoms with Gasteiger partial charge in [-0.3, -0.25) is 10.7 Å². The van der Waals surface area contributed by atoms with Gasteiger partial charge in [-0.2, -0.15) is 0 Å². The number of halogens is 1. The minimum atomic E-state index is 0. The van der Waals surface area contributed by atoms with E-state index in [0.29, 0.717) is 0 Å². The summed E-state index contributed by atoms with van der Waals surface area (Å²) in [5, 5.41) is 10.9. The maximum atomic E-state index is 7.17. The largest absolute Gasteiger partial charge is 0.487 e. The molecule has 0 bridgehead atoms. The van der Waals surface area contributed by atoms with E-state index in [4.69, 9.17) is 5.41 Å². The molecule has 0 saturated carbocycles. The Morgan fingerprint density at radius 1 is 1.25 bits per heavy atom. The van der Waals surface area contributed by atoms with Crippen LogP contribution in [0.1, 0.15) is 12.0 Å².